The summed E-state index contributed by atoms with van der Waals surface area (Å²) in [6.07, 6.45) is 1.74. The summed E-state index contributed by atoms with van der Waals surface area (Å²) in [6, 6.07) is 13.4. The largest absolute Gasteiger partial charge is 0.483 e. The summed E-state index contributed by atoms with van der Waals surface area (Å²) in [6.45, 7) is 2.71. The van der Waals surface area contributed by atoms with Crippen molar-refractivity contribution in [2.24, 2.45) is 0 Å². The van der Waals surface area contributed by atoms with E-state index >= 15 is 0 Å². The van der Waals surface area contributed by atoms with Crippen molar-refractivity contribution in [3.8, 4) is 5.75 Å². The fourth-order valence-corrected chi connectivity index (χ4v) is 3.93. The molecule has 0 bridgehead atoms. The zero-order chi connectivity index (χ0) is 20.0. The molecule has 28 heavy (non-hydrogen) atoms. The van der Waals surface area contributed by atoms with Gasteiger partial charge in [-0.2, -0.15) is 0 Å². The van der Waals surface area contributed by atoms with E-state index in [9.17, 15) is 13.2 Å². The van der Waals surface area contributed by atoms with E-state index in [1.54, 1.807) is 18.2 Å². The molecule has 1 saturated heterocycles. The number of anilines is 1. The smallest absolute Gasteiger partial charge is 0.262 e. The van der Waals surface area contributed by atoms with Gasteiger partial charge in [-0.25, -0.2) is 13.1 Å². The Kier molecular flexibility index (Phi) is 6.66. The van der Waals surface area contributed by atoms with Crippen LogP contribution < -0.4 is 14.8 Å². The highest BCUT2D eigenvalue weighted by molar-refractivity contribution is 7.89. The van der Waals surface area contributed by atoms with Crippen LogP contribution in [-0.2, 0) is 19.6 Å². The Bertz CT molecular complexity index is 906. The highest BCUT2D eigenvalue weighted by atomic mass is 32.2. The van der Waals surface area contributed by atoms with Gasteiger partial charge in [0.25, 0.3) is 5.91 Å². The number of sulfonamides is 1. The van der Waals surface area contributed by atoms with Gasteiger partial charge >= 0.3 is 0 Å². The third-order valence-corrected chi connectivity index (χ3v) is 5.87. The van der Waals surface area contributed by atoms with Crippen LogP contribution in [0.25, 0.3) is 0 Å². The van der Waals surface area contributed by atoms with E-state index < -0.39 is 10.0 Å². The zero-order valence-electron chi connectivity index (χ0n) is 15.7. The number of amides is 1. The molecule has 2 aromatic carbocycles. The van der Waals surface area contributed by atoms with Crippen LogP contribution in [0.1, 0.15) is 18.4 Å². The van der Waals surface area contributed by atoms with E-state index in [2.05, 4.69) is 10.0 Å². The molecule has 7 nitrogen and oxygen atoms in total. The molecule has 0 aliphatic carbocycles. The molecule has 1 unspecified atom stereocenters. The first-order valence-electron chi connectivity index (χ1n) is 9.14. The highest BCUT2D eigenvalue weighted by Gasteiger charge is 2.20. The van der Waals surface area contributed by atoms with Gasteiger partial charge in [-0.3, -0.25) is 4.79 Å². The van der Waals surface area contributed by atoms with Crippen LogP contribution in [0.3, 0.4) is 0 Å². The first-order valence-corrected chi connectivity index (χ1v) is 10.6. The number of hydrogen-bond donors (Lipinski definition) is 2. The third kappa shape index (κ3) is 5.54. The van der Waals surface area contributed by atoms with Gasteiger partial charge in [0.05, 0.1) is 11.0 Å². The quantitative estimate of drug-likeness (QED) is 0.705. The minimum Gasteiger partial charge on any atom is -0.483 e. The fourth-order valence-electron chi connectivity index (χ4n) is 2.87. The maximum atomic E-state index is 12.3. The minimum absolute atomic E-state index is 0.0680. The van der Waals surface area contributed by atoms with Crippen molar-refractivity contribution < 1.29 is 22.7 Å². The summed E-state index contributed by atoms with van der Waals surface area (Å²) in [5, 5.41) is 2.69. The lowest BCUT2D eigenvalue weighted by atomic mass is 10.2. The van der Waals surface area contributed by atoms with Crippen molar-refractivity contribution in [2.75, 3.05) is 25.1 Å². The molecule has 1 aliphatic rings. The van der Waals surface area contributed by atoms with E-state index in [4.69, 9.17) is 9.47 Å². The molecule has 8 heteroatoms. The summed E-state index contributed by atoms with van der Waals surface area (Å²) in [7, 11) is -3.61. The lowest BCUT2D eigenvalue weighted by Gasteiger charge is -2.12. The zero-order valence-corrected chi connectivity index (χ0v) is 16.5. The molecule has 1 atom stereocenters. The average Bonchev–Trinajstić information content (AvgIpc) is 3.20. The van der Waals surface area contributed by atoms with Crippen LogP contribution in [0.2, 0.25) is 0 Å². The van der Waals surface area contributed by atoms with Gasteiger partial charge in [0.15, 0.2) is 6.61 Å². The normalized spacial score (nSPS) is 16.7. The molecule has 1 amide bonds. The van der Waals surface area contributed by atoms with Gasteiger partial charge in [0, 0.05) is 18.8 Å². The summed E-state index contributed by atoms with van der Waals surface area (Å²) in [5.41, 5.74) is 1.44. The Morgan fingerprint density at radius 1 is 1.18 bits per heavy atom. The number of hydrogen-bond acceptors (Lipinski definition) is 5. The molecule has 150 valence electrons. The molecule has 0 aromatic heterocycles. The monoisotopic (exact) mass is 404 g/mol. The fraction of sp³-hybridized carbons (Fsp3) is 0.350. The summed E-state index contributed by atoms with van der Waals surface area (Å²) in [4.78, 5) is 12.2. The first-order chi connectivity index (χ1) is 13.4. The van der Waals surface area contributed by atoms with Crippen molar-refractivity contribution in [1.82, 2.24) is 4.72 Å². The Labute approximate surface area is 165 Å². The van der Waals surface area contributed by atoms with Crippen molar-refractivity contribution in [1.29, 1.82) is 0 Å². The minimum atomic E-state index is -3.61. The van der Waals surface area contributed by atoms with Gasteiger partial charge < -0.3 is 14.8 Å². The maximum Gasteiger partial charge on any atom is 0.262 e. The van der Waals surface area contributed by atoms with Gasteiger partial charge in [0.2, 0.25) is 10.0 Å². The molecule has 3 rings (SSSR count). The third-order valence-electron chi connectivity index (χ3n) is 4.43. The summed E-state index contributed by atoms with van der Waals surface area (Å²) < 4.78 is 38.2. The number of para-hydroxylation sites is 1. The van der Waals surface area contributed by atoms with E-state index in [0.717, 1.165) is 18.4 Å². The van der Waals surface area contributed by atoms with Gasteiger partial charge in [-0.05, 0) is 55.7 Å². The standard InChI is InChI=1S/C20H24N2O5S/c1-15-5-2-3-7-19(15)27-14-20(23)22-16-8-10-18(11-9-16)28(24,25)21-13-17-6-4-12-26-17/h2-3,5,7-11,17,21H,4,6,12-14H2,1H3,(H,22,23). The second-order valence-electron chi connectivity index (χ2n) is 6.61. The molecule has 1 fully saturated rings. The van der Waals surface area contributed by atoms with Gasteiger partial charge in [-0.1, -0.05) is 18.2 Å². The SMILES string of the molecule is Cc1ccccc1OCC(=O)Nc1ccc(S(=O)(=O)NCC2CCCO2)cc1. The number of carbonyl (C=O) groups is 1. The second-order valence-corrected chi connectivity index (χ2v) is 8.38. The van der Waals surface area contributed by atoms with Crippen LogP contribution in [0, 0.1) is 6.92 Å². The molecule has 1 heterocycles. The topological polar surface area (TPSA) is 93.7 Å². The van der Waals surface area contributed by atoms with Gasteiger partial charge in [-0.15, -0.1) is 0 Å². The lowest BCUT2D eigenvalue weighted by molar-refractivity contribution is -0.118. The molecule has 0 radical (unpaired) electrons. The second kappa shape index (κ2) is 9.18. The highest BCUT2D eigenvalue weighted by Crippen LogP contribution is 2.17. The maximum absolute atomic E-state index is 12.3. The predicted octanol–water partition coefficient (Wildman–Crippen LogP) is 2.47. The average molecular weight is 404 g/mol. The number of aryl methyl sites for hydroxylation is 1. The van der Waals surface area contributed by atoms with Crippen molar-refractivity contribution in [2.45, 2.75) is 30.8 Å². The number of rotatable bonds is 8. The molecular formula is C20H24N2O5S. The Balaban J connectivity index is 1.51. The van der Waals surface area contributed by atoms with E-state index in [1.807, 2.05) is 25.1 Å². The van der Waals surface area contributed by atoms with Crippen molar-refractivity contribution in [3.63, 3.8) is 0 Å². The van der Waals surface area contributed by atoms with E-state index in [0.29, 0.717) is 18.0 Å². The van der Waals surface area contributed by atoms with E-state index in [-0.39, 0.29) is 30.1 Å². The molecule has 2 N–H and O–H groups in total. The number of carbonyl (C=O) groups excluding carboxylic acids is 1. The summed E-state index contributed by atoms with van der Waals surface area (Å²) in [5.74, 6) is 0.326. The van der Waals surface area contributed by atoms with Crippen molar-refractivity contribution >= 4 is 21.6 Å². The molecule has 0 spiro atoms. The molecular weight excluding hydrogens is 380 g/mol. The van der Waals surface area contributed by atoms with Crippen LogP contribution in [0.4, 0.5) is 5.69 Å². The number of nitrogens with one attached hydrogen (secondary N) is 2. The van der Waals surface area contributed by atoms with Gasteiger partial charge in [0.1, 0.15) is 5.75 Å². The Morgan fingerprint density at radius 2 is 1.93 bits per heavy atom. The number of benzene rings is 2. The van der Waals surface area contributed by atoms with Crippen molar-refractivity contribution in [3.05, 3.63) is 54.1 Å². The Hall–Kier alpha value is -2.42. The molecule has 2 aromatic rings. The van der Waals surface area contributed by atoms with Crippen LogP contribution in [0.5, 0.6) is 5.75 Å². The van der Waals surface area contributed by atoms with Crippen LogP contribution in [-0.4, -0.2) is 40.2 Å². The van der Waals surface area contributed by atoms with Crippen LogP contribution in [0.15, 0.2) is 53.4 Å². The summed E-state index contributed by atoms with van der Waals surface area (Å²) >= 11 is 0. The van der Waals surface area contributed by atoms with E-state index in [1.165, 1.54) is 12.1 Å². The number of ether oxygens (including phenoxy) is 2. The predicted molar refractivity (Wildman–Crippen MR) is 106 cm³/mol. The molecule has 0 saturated carbocycles. The Morgan fingerprint density at radius 3 is 2.61 bits per heavy atom. The molecule has 1 aliphatic heterocycles. The first kappa shape index (κ1) is 20.3. The lowest BCUT2D eigenvalue weighted by Crippen LogP contribution is -2.31. The van der Waals surface area contributed by atoms with Crippen LogP contribution >= 0.6 is 0 Å².